The molecule has 1 fully saturated rings. The molecule has 2 heterocycles. The summed E-state index contributed by atoms with van der Waals surface area (Å²) in [6.07, 6.45) is 3.17. The number of aromatic nitrogens is 2. The predicted molar refractivity (Wildman–Crippen MR) is 130 cm³/mol. The van der Waals surface area contributed by atoms with Crippen molar-refractivity contribution in [3.8, 4) is 11.5 Å². The van der Waals surface area contributed by atoms with Crippen LogP contribution in [0.4, 0.5) is 27.8 Å². The second kappa shape index (κ2) is 10.3. The van der Waals surface area contributed by atoms with E-state index < -0.39 is 6.03 Å². The summed E-state index contributed by atoms with van der Waals surface area (Å²) in [6, 6.07) is 13.0. The van der Waals surface area contributed by atoms with Gasteiger partial charge in [0, 0.05) is 37.9 Å². The number of amides is 2. The fourth-order valence-corrected chi connectivity index (χ4v) is 3.84. The van der Waals surface area contributed by atoms with E-state index in [1.54, 1.807) is 24.5 Å². The number of hydrogen-bond acceptors (Lipinski definition) is 7. The van der Waals surface area contributed by atoms with Crippen LogP contribution >= 0.6 is 11.6 Å². The lowest BCUT2D eigenvalue weighted by Gasteiger charge is -2.36. The molecule has 0 atom stereocenters. The smallest absolute Gasteiger partial charge is 0.323 e. The van der Waals surface area contributed by atoms with Gasteiger partial charge in [-0.05, 0) is 18.2 Å². The van der Waals surface area contributed by atoms with E-state index in [0.717, 1.165) is 26.2 Å². The summed E-state index contributed by atoms with van der Waals surface area (Å²) in [4.78, 5) is 25.8. The molecule has 3 aromatic rings. The summed E-state index contributed by atoms with van der Waals surface area (Å²) in [5.41, 5.74) is 2.10. The predicted octanol–water partition coefficient (Wildman–Crippen LogP) is 4.12. The summed E-state index contributed by atoms with van der Waals surface area (Å²) < 4.78 is 10.5. The first-order valence-corrected chi connectivity index (χ1v) is 10.8. The third-order valence-corrected chi connectivity index (χ3v) is 5.60. The van der Waals surface area contributed by atoms with Gasteiger partial charge in [-0.25, -0.2) is 14.8 Å². The van der Waals surface area contributed by atoms with E-state index in [0.29, 0.717) is 33.8 Å². The molecule has 1 saturated heterocycles. The van der Waals surface area contributed by atoms with E-state index in [9.17, 15) is 4.79 Å². The van der Waals surface area contributed by atoms with Gasteiger partial charge in [0.2, 0.25) is 5.95 Å². The number of carbonyl (C=O) groups is 1. The number of rotatable bonds is 6. The maximum absolute atomic E-state index is 12.4. The Morgan fingerprint density at radius 1 is 0.909 bits per heavy atom. The molecule has 0 aliphatic carbocycles. The normalized spacial score (nSPS) is 13.4. The minimum absolute atomic E-state index is 0.355. The fourth-order valence-electron chi connectivity index (χ4n) is 3.59. The quantitative estimate of drug-likeness (QED) is 0.562. The van der Waals surface area contributed by atoms with Gasteiger partial charge >= 0.3 is 6.03 Å². The zero-order valence-electron chi connectivity index (χ0n) is 18.4. The third-order valence-electron chi connectivity index (χ3n) is 5.30. The Morgan fingerprint density at radius 3 is 2.18 bits per heavy atom. The maximum atomic E-state index is 12.4. The SMILES string of the molecule is COc1cc(OC)c(NC(=O)Nc2cnc(N3CCN(c4ccccc4)CC3)nc2)cc1Cl. The lowest BCUT2D eigenvalue weighted by molar-refractivity contribution is 0.262. The highest BCUT2D eigenvalue weighted by Crippen LogP contribution is 2.35. The number of piperazine rings is 1. The second-order valence-electron chi connectivity index (χ2n) is 7.35. The van der Waals surface area contributed by atoms with Crippen molar-refractivity contribution in [1.82, 2.24) is 9.97 Å². The number of anilines is 4. The number of hydrogen-bond donors (Lipinski definition) is 2. The standard InChI is InChI=1S/C23H25ClN6O3/c1-32-20-13-21(33-2)19(12-18(20)24)28-23(31)27-16-14-25-22(26-15-16)30-10-8-29(9-11-30)17-6-4-3-5-7-17/h3-7,12-15H,8-11H2,1-2H3,(H2,27,28,31). The molecule has 1 aliphatic heterocycles. The van der Waals surface area contributed by atoms with Crippen LogP contribution in [0.25, 0.3) is 0 Å². The maximum Gasteiger partial charge on any atom is 0.323 e. The summed E-state index contributed by atoms with van der Waals surface area (Å²) in [6.45, 7) is 3.42. The molecule has 0 spiro atoms. The van der Waals surface area contributed by atoms with Crippen LogP contribution in [0.2, 0.25) is 5.02 Å². The lowest BCUT2D eigenvalue weighted by atomic mass is 10.2. The molecule has 1 aromatic heterocycles. The molecule has 0 unspecified atom stereocenters. The Balaban J connectivity index is 1.34. The average molecular weight is 469 g/mol. The van der Waals surface area contributed by atoms with Crippen molar-refractivity contribution in [1.29, 1.82) is 0 Å². The molecule has 0 radical (unpaired) electrons. The molecule has 10 heteroatoms. The van der Waals surface area contributed by atoms with E-state index in [2.05, 4.69) is 42.5 Å². The molecule has 2 N–H and O–H groups in total. The molecule has 172 valence electrons. The first-order valence-electron chi connectivity index (χ1n) is 10.4. The molecular formula is C23H25ClN6O3. The summed E-state index contributed by atoms with van der Waals surface area (Å²) in [7, 11) is 3.01. The number of nitrogens with zero attached hydrogens (tertiary/aromatic N) is 4. The topological polar surface area (TPSA) is 91.8 Å². The van der Waals surface area contributed by atoms with Gasteiger partial charge < -0.3 is 29.9 Å². The second-order valence-corrected chi connectivity index (χ2v) is 7.75. The number of halogens is 1. The molecular weight excluding hydrogens is 444 g/mol. The molecule has 4 rings (SSSR count). The van der Waals surface area contributed by atoms with Crippen LogP contribution in [0.15, 0.2) is 54.9 Å². The fraction of sp³-hybridized carbons (Fsp3) is 0.261. The van der Waals surface area contributed by atoms with Gasteiger partial charge in [-0.15, -0.1) is 0 Å². The highest BCUT2D eigenvalue weighted by atomic mass is 35.5. The van der Waals surface area contributed by atoms with Crippen LogP contribution in [0.5, 0.6) is 11.5 Å². The molecule has 0 saturated carbocycles. The number of nitrogens with one attached hydrogen (secondary N) is 2. The number of benzene rings is 2. The Kier molecular flexibility index (Phi) is 6.99. The average Bonchev–Trinajstić information content (AvgIpc) is 2.85. The van der Waals surface area contributed by atoms with Crippen molar-refractivity contribution in [2.75, 3.05) is 60.8 Å². The van der Waals surface area contributed by atoms with Gasteiger partial charge in [0.25, 0.3) is 0 Å². The largest absolute Gasteiger partial charge is 0.495 e. The van der Waals surface area contributed by atoms with E-state index in [1.165, 1.54) is 19.9 Å². The number of urea groups is 1. The van der Waals surface area contributed by atoms with Crippen LogP contribution in [-0.4, -0.2) is 56.4 Å². The van der Waals surface area contributed by atoms with Gasteiger partial charge in [0.1, 0.15) is 11.5 Å². The summed E-state index contributed by atoms with van der Waals surface area (Å²) in [5, 5.41) is 5.79. The Bertz CT molecular complexity index is 1090. The van der Waals surface area contributed by atoms with Crippen molar-refractivity contribution >= 4 is 40.6 Å². The van der Waals surface area contributed by atoms with E-state index in [-0.39, 0.29) is 0 Å². The van der Waals surface area contributed by atoms with Crippen LogP contribution in [0, 0.1) is 0 Å². The molecule has 9 nitrogen and oxygen atoms in total. The Morgan fingerprint density at radius 2 is 1.55 bits per heavy atom. The van der Waals surface area contributed by atoms with E-state index >= 15 is 0 Å². The summed E-state index contributed by atoms with van der Waals surface area (Å²) in [5.74, 6) is 1.51. The zero-order chi connectivity index (χ0) is 23.2. The summed E-state index contributed by atoms with van der Waals surface area (Å²) >= 11 is 6.16. The molecule has 0 bridgehead atoms. The number of para-hydroxylation sites is 1. The first kappa shape index (κ1) is 22.5. The molecule has 33 heavy (non-hydrogen) atoms. The van der Waals surface area contributed by atoms with Crippen LogP contribution in [-0.2, 0) is 0 Å². The third kappa shape index (κ3) is 5.38. The highest BCUT2D eigenvalue weighted by molar-refractivity contribution is 6.32. The van der Waals surface area contributed by atoms with Gasteiger partial charge in [-0.1, -0.05) is 29.8 Å². The van der Waals surface area contributed by atoms with E-state index in [1.807, 2.05) is 18.2 Å². The van der Waals surface area contributed by atoms with Crippen molar-refractivity contribution in [2.24, 2.45) is 0 Å². The number of ether oxygens (including phenoxy) is 2. The lowest BCUT2D eigenvalue weighted by Crippen LogP contribution is -2.47. The van der Waals surface area contributed by atoms with Gasteiger partial charge in [0.15, 0.2) is 0 Å². The van der Waals surface area contributed by atoms with Crippen molar-refractivity contribution in [2.45, 2.75) is 0 Å². The molecule has 2 amide bonds. The monoisotopic (exact) mass is 468 g/mol. The minimum atomic E-state index is -0.470. The first-order chi connectivity index (χ1) is 16.1. The molecule has 2 aromatic carbocycles. The van der Waals surface area contributed by atoms with Gasteiger partial charge in [-0.3, -0.25) is 0 Å². The number of carbonyl (C=O) groups excluding carboxylic acids is 1. The molecule has 1 aliphatic rings. The van der Waals surface area contributed by atoms with Gasteiger partial charge in [-0.2, -0.15) is 0 Å². The van der Waals surface area contributed by atoms with Gasteiger partial charge in [0.05, 0.1) is 43.0 Å². The zero-order valence-corrected chi connectivity index (χ0v) is 19.2. The highest BCUT2D eigenvalue weighted by Gasteiger charge is 2.19. The number of methoxy groups -OCH3 is 2. The Hall–Kier alpha value is -3.72. The van der Waals surface area contributed by atoms with Crippen LogP contribution in [0.1, 0.15) is 0 Å². The van der Waals surface area contributed by atoms with Crippen molar-refractivity contribution in [3.05, 3.63) is 59.9 Å². The van der Waals surface area contributed by atoms with E-state index in [4.69, 9.17) is 21.1 Å². The van der Waals surface area contributed by atoms with Crippen molar-refractivity contribution in [3.63, 3.8) is 0 Å². The van der Waals surface area contributed by atoms with Crippen molar-refractivity contribution < 1.29 is 14.3 Å². The minimum Gasteiger partial charge on any atom is -0.495 e. The van der Waals surface area contributed by atoms with Crippen LogP contribution in [0.3, 0.4) is 0 Å². The van der Waals surface area contributed by atoms with Crippen LogP contribution < -0.4 is 29.9 Å². The Labute approximate surface area is 197 Å².